The fourth-order valence-corrected chi connectivity index (χ4v) is 2.77. The van der Waals surface area contributed by atoms with E-state index in [4.69, 9.17) is 0 Å². The van der Waals surface area contributed by atoms with E-state index in [-0.39, 0.29) is 5.91 Å². The molecule has 0 saturated carbocycles. The Morgan fingerprint density at radius 3 is 2.57 bits per heavy atom. The third kappa shape index (κ3) is 4.02. The SMILES string of the molecule is Cc1cccc(NC(=O)c2cccc(CS(C)=O)c2)c1C. The molecule has 0 aromatic heterocycles. The first-order valence-corrected chi connectivity index (χ1v) is 8.46. The van der Waals surface area contributed by atoms with Crippen molar-refractivity contribution in [1.82, 2.24) is 0 Å². The topological polar surface area (TPSA) is 46.2 Å². The maximum Gasteiger partial charge on any atom is 0.255 e. The van der Waals surface area contributed by atoms with Crippen molar-refractivity contribution >= 4 is 22.4 Å². The smallest absolute Gasteiger partial charge is 0.255 e. The number of amides is 1. The summed E-state index contributed by atoms with van der Waals surface area (Å²) in [6.45, 7) is 4.00. The van der Waals surface area contributed by atoms with Crippen LogP contribution < -0.4 is 5.32 Å². The molecule has 0 heterocycles. The molecule has 3 nitrogen and oxygen atoms in total. The van der Waals surface area contributed by atoms with Crippen molar-refractivity contribution in [3.63, 3.8) is 0 Å². The highest BCUT2D eigenvalue weighted by Crippen LogP contribution is 2.19. The Hall–Kier alpha value is -1.94. The van der Waals surface area contributed by atoms with Gasteiger partial charge in [-0.3, -0.25) is 9.00 Å². The van der Waals surface area contributed by atoms with Gasteiger partial charge in [-0.05, 0) is 48.7 Å². The third-order valence-corrected chi connectivity index (χ3v) is 4.15. The minimum Gasteiger partial charge on any atom is -0.322 e. The number of rotatable bonds is 4. The number of aryl methyl sites for hydroxylation is 1. The maximum absolute atomic E-state index is 12.3. The first-order valence-electron chi connectivity index (χ1n) is 6.74. The highest BCUT2D eigenvalue weighted by molar-refractivity contribution is 7.83. The number of nitrogens with one attached hydrogen (secondary N) is 1. The first kappa shape index (κ1) is 15.4. The van der Waals surface area contributed by atoms with Crippen molar-refractivity contribution in [1.29, 1.82) is 0 Å². The van der Waals surface area contributed by atoms with Gasteiger partial charge in [0.15, 0.2) is 0 Å². The second kappa shape index (κ2) is 6.68. The second-order valence-corrected chi connectivity index (χ2v) is 6.55. The summed E-state index contributed by atoms with van der Waals surface area (Å²) in [7, 11) is -0.914. The predicted octanol–water partition coefficient (Wildman–Crippen LogP) is 3.43. The molecule has 0 saturated heterocycles. The van der Waals surface area contributed by atoms with Crippen LogP contribution in [0, 0.1) is 13.8 Å². The molecular formula is C17H19NO2S. The van der Waals surface area contributed by atoms with Gasteiger partial charge in [-0.2, -0.15) is 0 Å². The maximum atomic E-state index is 12.3. The molecule has 1 amide bonds. The van der Waals surface area contributed by atoms with Gasteiger partial charge in [0.25, 0.3) is 5.91 Å². The Morgan fingerprint density at radius 2 is 1.86 bits per heavy atom. The number of hydrogen-bond donors (Lipinski definition) is 1. The normalized spacial score (nSPS) is 12.0. The molecule has 4 heteroatoms. The van der Waals surface area contributed by atoms with Gasteiger partial charge in [0.1, 0.15) is 0 Å². The molecule has 0 aliphatic heterocycles. The average Bonchev–Trinajstić information content (AvgIpc) is 2.43. The van der Waals surface area contributed by atoms with E-state index < -0.39 is 10.8 Å². The minimum absolute atomic E-state index is 0.146. The molecule has 0 radical (unpaired) electrons. The van der Waals surface area contributed by atoms with Crippen LogP contribution in [0.4, 0.5) is 5.69 Å². The van der Waals surface area contributed by atoms with E-state index in [1.165, 1.54) is 0 Å². The molecule has 1 unspecified atom stereocenters. The quantitative estimate of drug-likeness (QED) is 0.940. The predicted molar refractivity (Wildman–Crippen MR) is 88.1 cm³/mol. The molecule has 2 aromatic carbocycles. The van der Waals surface area contributed by atoms with Crippen LogP contribution in [0.25, 0.3) is 0 Å². The van der Waals surface area contributed by atoms with Gasteiger partial charge in [0.05, 0.1) is 0 Å². The van der Waals surface area contributed by atoms with Gasteiger partial charge in [0, 0.05) is 34.1 Å². The van der Waals surface area contributed by atoms with Crippen LogP contribution in [0.5, 0.6) is 0 Å². The van der Waals surface area contributed by atoms with Gasteiger partial charge in [-0.1, -0.05) is 24.3 Å². The first-order chi connectivity index (χ1) is 9.97. The van der Waals surface area contributed by atoms with Crippen molar-refractivity contribution in [3.05, 3.63) is 64.7 Å². The Morgan fingerprint density at radius 1 is 1.14 bits per heavy atom. The molecule has 0 aliphatic rings. The summed E-state index contributed by atoms with van der Waals surface area (Å²) in [6, 6.07) is 13.1. The van der Waals surface area contributed by atoms with Crippen LogP contribution in [0.3, 0.4) is 0 Å². The summed E-state index contributed by atoms with van der Waals surface area (Å²) in [5.41, 5.74) is 4.52. The van der Waals surface area contributed by atoms with Crippen molar-refractivity contribution in [2.45, 2.75) is 19.6 Å². The lowest BCUT2D eigenvalue weighted by Gasteiger charge is -2.11. The van der Waals surface area contributed by atoms with Crippen LogP contribution in [-0.4, -0.2) is 16.4 Å². The van der Waals surface area contributed by atoms with Gasteiger partial charge in [0.2, 0.25) is 0 Å². The van der Waals surface area contributed by atoms with Crippen molar-refractivity contribution in [3.8, 4) is 0 Å². The molecule has 21 heavy (non-hydrogen) atoms. The summed E-state index contributed by atoms with van der Waals surface area (Å²) in [6.07, 6.45) is 1.66. The highest BCUT2D eigenvalue weighted by atomic mass is 32.2. The lowest BCUT2D eigenvalue weighted by molar-refractivity contribution is 0.102. The molecule has 1 N–H and O–H groups in total. The molecule has 2 aromatic rings. The Balaban J connectivity index is 2.20. The largest absolute Gasteiger partial charge is 0.322 e. The molecule has 0 spiro atoms. The van der Waals surface area contributed by atoms with Crippen LogP contribution >= 0.6 is 0 Å². The lowest BCUT2D eigenvalue weighted by atomic mass is 10.1. The average molecular weight is 301 g/mol. The molecule has 0 bridgehead atoms. The third-order valence-electron chi connectivity index (χ3n) is 3.41. The van der Waals surface area contributed by atoms with Crippen LogP contribution in [0.15, 0.2) is 42.5 Å². The van der Waals surface area contributed by atoms with Crippen molar-refractivity contribution < 1.29 is 9.00 Å². The number of carbonyl (C=O) groups is 1. The van der Waals surface area contributed by atoms with E-state index in [2.05, 4.69) is 5.32 Å². The Kier molecular flexibility index (Phi) is 4.91. The van der Waals surface area contributed by atoms with E-state index in [0.29, 0.717) is 11.3 Å². The summed E-state index contributed by atoms with van der Waals surface area (Å²) >= 11 is 0. The van der Waals surface area contributed by atoms with Crippen LogP contribution in [0.2, 0.25) is 0 Å². The molecule has 0 fully saturated rings. The molecule has 1 atom stereocenters. The summed E-state index contributed by atoms with van der Waals surface area (Å²) in [5.74, 6) is 0.317. The molecule has 110 valence electrons. The summed E-state index contributed by atoms with van der Waals surface area (Å²) < 4.78 is 11.3. The van der Waals surface area contributed by atoms with Crippen molar-refractivity contribution in [2.24, 2.45) is 0 Å². The van der Waals surface area contributed by atoms with E-state index in [9.17, 15) is 9.00 Å². The number of carbonyl (C=O) groups excluding carboxylic acids is 1. The minimum atomic E-state index is -0.914. The monoisotopic (exact) mass is 301 g/mol. The standard InChI is InChI=1S/C17H19NO2S/c1-12-6-4-9-16(13(12)2)18-17(19)15-8-5-7-14(10-15)11-21(3)20/h4-10H,11H2,1-3H3,(H,18,19). The Bertz CT molecular complexity index is 695. The Labute approximate surface area is 127 Å². The van der Waals surface area contributed by atoms with Crippen molar-refractivity contribution in [2.75, 3.05) is 11.6 Å². The van der Waals surface area contributed by atoms with Gasteiger partial charge < -0.3 is 5.32 Å². The van der Waals surface area contributed by atoms with Gasteiger partial charge in [-0.15, -0.1) is 0 Å². The van der Waals surface area contributed by atoms with Crippen LogP contribution in [0.1, 0.15) is 27.0 Å². The van der Waals surface area contributed by atoms with Gasteiger partial charge in [-0.25, -0.2) is 0 Å². The van der Waals surface area contributed by atoms with E-state index >= 15 is 0 Å². The second-order valence-electron chi connectivity index (χ2n) is 5.12. The van der Waals surface area contributed by atoms with E-state index in [1.54, 1.807) is 18.4 Å². The fraction of sp³-hybridized carbons (Fsp3) is 0.235. The number of benzene rings is 2. The number of hydrogen-bond acceptors (Lipinski definition) is 2. The lowest BCUT2D eigenvalue weighted by Crippen LogP contribution is -2.13. The van der Waals surface area contributed by atoms with Crippen LogP contribution in [-0.2, 0) is 16.6 Å². The highest BCUT2D eigenvalue weighted by Gasteiger charge is 2.09. The molecule has 2 rings (SSSR count). The number of anilines is 1. The fourth-order valence-electron chi connectivity index (χ4n) is 2.12. The van der Waals surface area contributed by atoms with Gasteiger partial charge >= 0.3 is 0 Å². The zero-order valence-corrected chi connectivity index (χ0v) is 13.3. The molecule has 0 aliphatic carbocycles. The molecular weight excluding hydrogens is 282 g/mol. The van der Waals surface area contributed by atoms with E-state index in [1.807, 2.05) is 44.2 Å². The summed E-state index contributed by atoms with van der Waals surface area (Å²) in [4.78, 5) is 12.3. The zero-order chi connectivity index (χ0) is 15.4. The summed E-state index contributed by atoms with van der Waals surface area (Å²) in [5, 5.41) is 2.93. The van der Waals surface area contributed by atoms with E-state index in [0.717, 1.165) is 22.4 Å². The zero-order valence-electron chi connectivity index (χ0n) is 12.5.